The van der Waals surface area contributed by atoms with Gasteiger partial charge in [-0.25, -0.2) is 4.39 Å². The van der Waals surface area contributed by atoms with Crippen LogP contribution < -0.4 is 5.32 Å². The first-order valence-corrected chi connectivity index (χ1v) is 6.75. The zero-order valence-electron chi connectivity index (χ0n) is 11.5. The van der Waals surface area contributed by atoms with Gasteiger partial charge in [0.25, 0.3) is 0 Å². The quantitative estimate of drug-likeness (QED) is 0.909. The summed E-state index contributed by atoms with van der Waals surface area (Å²) in [5.41, 5.74) is 0.719. The highest BCUT2D eigenvalue weighted by atomic mass is 19.1. The SMILES string of the molecule is CC(Nc1cccc(F)c1C#N)C1CCN(C)CC1. The van der Waals surface area contributed by atoms with E-state index >= 15 is 0 Å². The van der Waals surface area contributed by atoms with Crippen LogP contribution in [0.3, 0.4) is 0 Å². The molecule has 102 valence electrons. The van der Waals surface area contributed by atoms with Crippen molar-refractivity contribution in [2.75, 3.05) is 25.5 Å². The molecule has 0 amide bonds. The fraction of sp³-hybridized carbons (Fsp3) is 0.533. The molecule has 0 aliphatic carbocycles. The average Bonchev–Trinajstić information content (AvgIpc) is 2.39. The van der Waals surface area contributed by atoms with Crippen molar-refractivity contribution in [3.05, 3.63) is 29.6 Å². The summed E-state index contributed by atoms with van der Waals surface area (Å²) in [6.45, 7) is 4.32. The minimum Gasteiger partial charge on any atom is -0.381 e. The second-order valence-corrected chi connectivity index (χ2v) is 5.35. The van der Waals surface area contributed by atoms with Gasteiger partial charge in [0.2, 0.25) is 0 Å². The van der Waals surface area contributed by atoms with E-state index in [1.54, 1.807) is 12.1 Å². The van der Waals surface area contributed by atoms with E-state index in [0.29, 0.717) is 11.6 Å². The Kier molecular flexibility index (Phi) is 4.39. The van der Waals surface area contributed by atoms with E-state index in [1.165, 1.54) is 6.07 Å². The van der Waals surface area contributed by atoms with Crippen molar-refractivity contribution in [3.8, 4) is 6.07 Å². The van der Waals surface area contributed by atoms with Crippen molar-refractivity contribution in [3.63, 3.8) is 0 Å². The van der Waals surface area contributed by atoms with E-state index in [1.807, 2.05) is 6.07 Å². The standard InChI is InChI=1S/C15H20FN3/c1-11(12-6-8-19(2)9-7-12)18-15-5-3-4-14(16)13(15)10-17/h3-5,11-12,18H,6-9H2,1-2H3. The number of hydrogen-bond donors (Lipinski definition) is 1. The van der Waals surface area contributed by atoms with Gasteiger partial charge in [-0.05, 0) is 58.0 Å². The summed E-state index contributed by atoms with van der Waals surface area (Å²) >= 11 is 0. The molecule has 1 atom stereocenters. The summed E-state index contributed by atoms with van der Waals surface area (Å²) in [4.78, 5) is 2.33. The maximum atomic E-state index is 13.5. The topological polar surface area (TPSA) is 39.1 Å². The van der Waals surface area contributed by atoms with Gasteiger partial charge in [0.05, 0.1) is 5.69 Å². The van der Waals surface area contributed by atoms with Crippen LogP contribution in [0.15, 0.2) is 18.2 Å². The van der Waals surface area contributed by atoms with E-state index in [4.69, 9.17) is 5.26 Å². The van der Waals surface area contributed by atoms with Gasteiger partial charge in [-0.2, -0.15) is 5.26 Å². The van der Waals surface area contributed by atoms with Crippen molar-refractivity contribution in [1.82, 2.24) is 4.90 Å². The number of halogens is 1. The van der Waals surface area contributed by atoms with E-state index in [2.05, 4.69) is 24.2 Å². The fourth-order valence-corrected chi connectivity index (χ4v) is 2.65. The maximum absolute atomic E-state index is 13.5. The normalized spacial score (nSPS) is 18.8. The highest BCUT2D eigenvalue weighted by Crippen LogP contribution is 2.25. The minimum atomic E-state index is -0.455. The summed E-state index contributed by atoms with van der Waals surface area (Å²) in [7, 11) is 2.13. The molecule has 19 heavy (non-hydrogen) atoms. The first-order chi connectivity index (χ1) is 9.11. The molecule has 1 fully saturated rings. The van der Waals surface area contributed by atoms with Crippen LogP contribution in [-0.2, 0) is 0 Å². The van der Waals surface area contributed by atoms with Crippen molar-refractivity contribution in [2.45, 2.75) is 25.8 Å². The summed E-state index contributed by atoms with van der Waals surface area (Å²) < 4.78 is 13.5. The predicted molar refractivity (Wildman–Crippen MR) is 74.4 cm³/mol. The Morgan fingerprint density at radius 3 is 2.74 bits per heavy atom. The molecule has 0 radical (unpaired) electrons. The highest BCUT2D eigenvalue weighted by molar-refractivity contribution is 5.58. The number of piperidine rings is 1. The van der Waals surface area contributed by atoms with Gasteiger partial charge in [0.15, 0.2) is 0 Å². The van der Waals surface area contributed by atoms with Crippen molar-refractivity contribution in [2.24, 2.45) is 5.92 Å². The first-order valence-electron chi connectivity index (χ1n) is 6.75. The molecule has 1 aromatic carbocycles. The van der Waals surface area contributed by atoms with Crippen molar-refractivity contribution in [1.29, 1.82) is 5.26 Å². The molecule has 1 aromatic rings. The monoisotopic (exact) mass is 261 g/mol. The van der Waals surface area contributed by atoms with Crippen LogP contribution in [-0.4, -0.2) is 31.1 Å². The molecule has 1 aliphatic rings. The number of anilines is 1. The molecule has 1 saturated heterocycles. The zero-order valence-corrected chi connectivity index (χ0v) is 11.5. The molecule has 4 heteroatoms. The second kappa shape index (κ2) is 6.03. The predicted octanol–water partition coefficient (Wildman–Crippen LogP) is 2.84. The lowest BCUT2D eigenvalue weighted by molar-refractivity contribution is 0.208. The van der Waals surface area contributed by atoms with Gasteiger partial charge >= 0.3 is 0 Å². The van der Waals surface area contributed by atoms with Crippen LogP contribution in [0.25, 0.3) is 0 Å². The van der Waals surface area contributed by atoms with Gasteiger partial charge in [-0.15, -0.1) is 0 Å². The molecule has 1 N–H and O–H groups in total. The molecule has 0 saturated carbocycles. The van der Waals surface area contributed by atoms with Crippen LogP contribution in [0, 0.1) is 23.1 Å². The number of nitrogens with one attached hydrogen (secondary N) is 1. The molecule has 2 rings (SSSR count). The van der Waals surface area contributed by atoms with E-state index < -0.39 is 5.82 Å². The summed E-state index contributed by atoms with van der Waals surface area (Å²) in [5.74, 6) is 0.120. The molecular formula is C15H20FN3. The number of likely N-dealkylation sites (tertiary alicyclic amines) is 1. The molecule has 0 bridgehead atoms. The van der Waals surface area contributed by atoms with E-state index in [0.717, 1.165) is 25.9 Å². The Morgan fingerprint density at radius 1 is 1.42 bits per heavy atom. The molecule has 0 aromatic heterocycles. The van der Waals surface area contributed by atoms with Crippen molar-refractivity contribution < 1.29 is 4.39 Å². The summed E-state index contributed by atoms with van der Waals surface area (Å²) in [5, 5.41) is 12.3. The Bertz CT molecular complexity index is 473. The van der Waals surface area contributed by atoms with Crippen LogP contribution >= 0.6 is 0 Å². The lowest BCUT2D eigenvalue weighted by Crippen LogP contribution is -2.37. The smallest absolute Gasteiger partial charge is 0.143 e. The number of nitriles is 1. The fourth-order valence-electron chi connectivity index (χ4n) is 2.65. The number of benzene rings is 1. The number of hydrogen-bond acceptors (Lipinski definition) is 3. The third-order valence-electron chi connectivity index (χ3n) is 3.98. The van der Waals surface area contributed by atoms with E-state index in [-0.39, 0.29) is 11.6 Å². The lowest BCUT2D eigenvalue weighted by Gasteiger charge is -2.33. The van der Waals surface area contributed by atoms with Gasteiger partial charge in [0, 0.05) is 6.04 Å². The Morgan fingerprint density at radius 2 is 2.11 bits per heavy atom. The van der Waals surface area contributed by atoms with E-state index in [9.17, 15) is 4.39 Å². The van der Waals surface area contributed by atoms with Crippen LogP contribution in [0.4, 0.5) is 10.1 Å². The Labute approximate surface area is 114 Å². The minimum absolute atomic E-state index is 0.113. The average molecular weight is 261 g/mol. The molecule has 1 unspecified atom stereocenters. The lowest BCUT2D eigenvalue weighted by atomic mass is 9.90. The van der Waals surface area contributed by atoms with Crippen molar-refractivity contribution >= 4 is 5.69 Å². The van der Waals surface area contributed by atoms with Crippen LogP contribution in [0.2, 0.25) is 0 Å². The van der Waals surface area contributed by atoms with Gasteiger partial charge < -0.3 is 10.2 Å². The zero-order chi connectivity index (χ0) is 13.8. The number of rotatable bonds is 3. The van der Waals surface area contributed by atoms with Crippen LogP contribution in [0.5, 0.6) is 0 Å². The highest BCUT2D eigenvalue weighted by Gasteiger charge is 2.23. The third kappa shape index (κ3) is 3.24. The van der Waals surface area contributed by atoms with Gasteiger partial charge in [0.1, 0.15) is 17.4 Å². The Balaban J connectivity index is 2.05. The molecule has 1 aliphatic heterocycles. The van der Waals surface area contributed by atoms with Crippen LogP contribution in [0.1, 0.15) is 25.3 Å². The summed E-state index contributed by atoms with van der Waals surface area (Å²) in [6.07, 6.45) is 2.28. The molecular weight excluding hydrogens is 241 g/mol. The maximum Gasteiger partial charge on any atom is 0.143 e. The molecule has 1 heterocycles. The van der Waals surface area contributed by atoms with Gasteiger partial charge in [-0.3, -0.25) is 0 Å². The largest absolute Gasteiger partial charge is 0.381 e. The Hall–Kier alpha value is -1.60. The summed E-state index contributed by atoms with van der Waals surface area (Å²) in [6, 6.07) is 6.92. The number of nitrogens with zero attached hydrogens (tertiary/aromatic N) is 2. The molecule has 0 spiro atoms. The third-order valence-corrected chi connectivity index (χ3v) is 3.98. The second-order valence-electron chi connectivity index (χ2n) is 5.35. The first kappa shape index (κ1) is 13.8. The molecule has 3 nitrogen and oxygen atoms in total. The van der Waals surface area contributed by atoms with Gasteiger partial charge in [-0.1, -0.05) is 6.07 Å².